The van der Waals surface area contributed by atoms with E-state index in [0.29, 0.717) is 19.6 Å². The number of nitrogens with one attached hydrogen (secondary N) is 1. The number of carbonyl (C=O) groups excluding carboxylic acids is 2. The first-order valence-corrected chi connectivity index (χ1v) is 12.6. The summed E-state index contributed by atoms with van der Waals surface area (Å²) in [5.74, 6) is -0.0111. The van der Waals surface area contributed by atoms with E-state index in [0.717, 1.165) is 48.1 Å². The van der Waals surface area contributed by atoms with Crippen LogP contribution in [0.1, 0.15) is 24.8 Å². The van der Waals surface area contributed by atoms with Crippen LogP contribution in [-0.2, 0) is 16.1 Å². The van der Waals surface area contributed by atoms with Crippen LogP contribution >= 0.6 is 11.3 Å². The summed E-state index contributed by atoms with van der Waals surface area (Å²) in [4.78, 5) is 41.0. The molecule has 3 aromatic rings. The molecule has 0 bridgehead atoms. The number of benzene rings is 1. The van der Waals surface area contributed by atoms with Crippen molar-refractivity contribution < 1.29 is 9.59 Å². The first-order valence-electron chi connectivity index (χ1n) is 11.8. The monoisotopic (exact) mass is 480 g/mol. The van der Waals surface area contributed by atoms with E-state index in [4.69, 9.17) is 0 Å². The van der Waals surface area contributed by atoms with E-state index in [1.54, 1.807) is 17.5 Å². The van der Waals surface area contributed by atoms with Gasteiger partial charge in [-0.25, -0.2) is 9.97 Å². The van der Waals surface area contributed by atoms with Crippen LogP contribution in [0.2, 0.25) is 0 Å². The molecule has 1 aliphatic rings. The summed E-state index contributed by atoms with van der Waals surface area (Å²) in [5.41, 5.74) is 2.19. The molecule has 1 fully saturated rings. The van der Waals surface area contributed by atoms with Gasteiger partial charge < -0.3 is 20.0 Å². The lowest BCUT2D eigenvalue weighted by atomic mass is 10.2. The smallest absolute Gasteiger partial charge is 0.223 e. The Morgan fingerprint density at radius 1 is 1.06 bits per heavy atom. The highest BCUT2D eigenvalue weighted by atomic mass is 32.1. The summed E-state index contributed by atoms with van der Waals surface area (Å²) in [6, 6.07) is 14.2. The molecule has 4 rings (SSSR count). The van der Waals surface area contributed by atoms with Crippen molar-refractivity contribution in [3.8, 4) is 0 Å². The minimum absolute atomic E-state index is 0.0448. The first kappa shape index (κ1) is 24.1. The molecule has 0 radical (unpaired) electrons. The number of rotatable bonds is 10. The number of aromatic nitrogens is 2. The van der Waals surface area contributed by atoms with E-state index in [9.17, 15) is 9.59 Å². The van der Waals surface area contributed by atoms with Gasteiger partial charge in [0.05, 0.1) is 0 Å². The number of carbonyl (C=O) groups is 2. The largest absolute Gasteiger partial charge is 0.356 e. The van der Waals surface area contributed by atoms with Gasteiger partial charge in [0.25, 0.3) is 0 Å². The predicted octanol–water partition coefficient (Wildman–Crippen LogP) is 2.76. The third-order valence-electron chi connectivity index (χ3n) is 5.96. The van der Waals surface area contributed by atoms with Crippen molar-refractivity contribution in [2.75, 3.05) is 51.2 Å². The van der Waals surface area contributed by atoms with E-state index in [1.165, 1.54) is 5.56 Å². The molecule has 8 nitrogen and oxygen atoms in total. The maximum absolute atomic E-state index is 12.6. The molecule has 0 unspecified atom stereocenters. The number of hydrogen-bond donors (Lipinski definition) is 1. The molecule has 9 heteroatoms. The van der Waals surface area contributed by atoms with E-state index in [-0.39, 0.29) is 24.7 Å². The molecule has 0 saturated carbocycles. The summed E-state index contributed by atoms with van der Waals surface area (Å²) < 4.78 is 0. The van der Waals surface area contributed by atoms with Crippen molar-refractivity contribution in [1.82, 2.24) is 25.1 Å². The van der Waals surface area contributed by atoms with Gasteiger partial charge in [-0.1, -0.05) is 41.7 Å². The van der Waals surface area contributed by atoms with E-state index in [2.05, 4.69) is 44.3 Å². The minimum Gasteiger partial charge on any atom is -0.356 e. The van der Waals surface area contributed by atoms with Gasteiger partial charge in [0, 0.05) is 58.3 Å². The van der Waals surface area contributed by atoms with Crippen LogP contribution in [0, 0.1) is 0 Å². The molecule has 0 spiro atoms. The zero-order valence-electron chi connectivity index (χ0n) is 19.7. The molecule has 180 valence electrons. The third-order valence-corrected chi connectivity index (χ3v) is 7.00. The van der Waals surface area contributed by atoms with Crippen LogP contribution in [0.3, 0.4) is 0 Å². The molecular weight excluding hydrogens is 448 g/mol. The van der Waals surface area contributed by atoms with Crippen molar-refractivity contribution in [2.24, 2.45) is 0 Å². The fraction of sp³-hybridized carbons (Fsp3) is 0.440. The summed E-state index contributed by atoms with van der Waals surface area (Å²) in [6.07, 6.45) is 3.15. The minimum atomic E-state index is -0.0559. The average Bonchev–Trinajstić information content (AvgIpc) is 3.30. The Hall–Kier alpha value is -3.04. The maximum atomic E-state index is 12.6. The lowest BCUT2D eigenvalue weighted by Crippen LogP contribution is -2.49. The molecule has 1 aromatic carbocycles. The van der Waals surface area contributed by atoms with E-state index < -0.39 is 0 Å². The van der Waals surface area contributed by atoms with Crippen LogP contribution in [0.5, 0.6) is 0 Å². The van der Waals surface area contributed by atoms with Crippen LogP contribution in [0.4, 0.5) is 5.13 Å². The topological polar surface area (TPSA) is 81.7 Å². The Kier molecular flexibility index (Phi) is 8.43. The molecule has 0 aliphatic carbocycles. The summed E-state index contributed by atoms with van der Waals surface area (Å²) >= 11 is 1.58. The second-order valence-electron chi connectivity index (χ2n) is 8.62. The number of amides is 2. The van der Waals surface area contributed by atoms with Gasteiger partial charge in [-0.2, -0.15) is 0 Å². The van der Waals surface area contributed by atoms with Gasteiger partial charge in [-0.3, -0.25) is 9.59 Å². The van der Waals surface area contributed by atoms with Crippen LogP contribution < -0.4 is 10.2 Å². The van der Waals surface area contributed by atoms with Crippen molar-refractivity contribution in [1.29, 1.82) is 0 Å². The third kappa shape index (κ3) is 6.74. The van der Waals surface area contributed by atoms with E-state index in [1.807, 2.05) is 35.2 Å². The molecule has 1 aliphatic heterocycles. The SMILES string of the molecule is CN(CCCNC(=O)CCC(=O)N1CCN(c2nc3cccnc3s2)CC1)Cc1ccccc1. The lowest BCUT2D eigenvalue weighted by molar-refractivity contribution is -0.133. The molecule has 2 amide bonds. The number of nitrogens with zero attached hydrogens (tertiary/aromatic N) is 5. The Balaban J connectivity index is 1.09. The zero-order chi connectivity index (χ0) is 23.8. The first-order chi connectivity index (χ1) is 16.6. The van der Waals surface area contributed by atoms with Gasteiger partial charge in [-0.05, 0) is 37.7 Å². The number of piperazine rings is 1. The fourth-order valence-corrected chi connectivity index (χ4v) is 5.02. The summed E-state index contributed by atoms with van der Waals surface area (Å²) in [6.45, 7) is 5.22. The molecule has 34 heavy (non-hydrogen) atoms. The normalized spacial score (nSPS) is 14.1. The molecular formula is C25H32N6O2S. The highest BCUT2D eigenvalue weighted by Crippen LogP contribution is 2.27. The predicted molar refractivity (Wildman–Crippen MR) is 136 cm³/mol. The molecule has 3 heterocycles. The standard InChI is InChI=1S/C25H32N6O2S/c1-29(19-20-7-3-2-4-8-20)14-6-13-26-22(32)10-11-23(33)30-15-17-31(18-16-30)25-28-21-9-5-12-27-24(21)34-25/h2-5,7-9,12H,6,10-11,13-19H2,1H3,(H,26,32). The van der Waals surface area contributed by atoms with Crippen molar-refractivity contribution in [3.05, 3.63) is 54.2 Å². The maximum Gasteiger partial charge on any atom is 0.223 e. The van der Waals surface area contributed by atoms with E-state index >= 15 is 0 Å². The quantitative estimate of drug-likeness (QED) is 0.450. The number of hydrogen-bond acceptors (Lipinski definition) is 7. The second-order valence-corrected chi connectivity index (χ2v) is 9.57. The second kappa shape index (κ2) is 11.9. The van der Waals surface area contributed by atoms with Gasteiger partial charge in [0.1, 0.15) is 10.3 Å². The Morgan fingerprint density at radius 2 is 1.85 bits per heavy atom. The van der Waals surface area contributed by atoms with Crippen LogP contribution in [0.15, 0.2) is 48.7 Å². The number of pyridine rings is 1. The van der Waals surface area contributed by atoms with Gasteiger partial charge in [0.2, 0.25) is 11.8 Å². The van der Waals surface area contributed by atoms with Crippen molar-refractivity contribution in [2.45, 2.75) is 25.8 Å². The lowest BCUT2D eigenvalue weighted by Gasteiger charge is -2.34. The van der Waals surface area contributed by atoms with Gasteiger partial charge in [-0.15, -0.1) is 0 Å². The molecule has 2 aromatic heterocycles. The Bertz CT molecular complexity index is 1050. The van der Waals surface area contributed by atoms with Crippen molar-refractivity contribution in [3.63, 3.8) is 0 Å². The molecule has 0 atom stereocenters. The number of anilines is 1. The zero-order valence-corrected chi connectivity index (χ0v) is 20.5. The van der Waals surface area contributed by atoms with Crippen molar-refractivity contribution >= 4 is 38.6 Å². The highest BCUT2D eigenvalue weighted by molar-refractivity contribution is 7.21. The summed E-state index contributed by atoms with van der Waals surface area (Å²) in [7, 11) is 2.08. The number of fused-ring (bicyclic) bond motifs is 1. The fourth-order valence-electron chi connectivity index (χ4n) is 4.06. The Labute approximate surface area is 204 Å². The molecule has 1 N–H and O–H groups in total. The van der Waals surface area contributed by atoms with Crippen LogP contribution in [-0.4, -0.2) is 77.9 Å². The Morgan fingerprint density at radius 3 is 2.62 bits per heavy atom. The highest BCUT2D eigenvalue weighted by Gasteiger charge is 2.23. The van der Waals surface area contributed by atoms with Crippen LogP contribution in [0.25, 0.3) is 10.3 Å². The average molecular weight is 481 g/mol. The molecule has 1 saturated heterocycles. The van der Waals surface area contributed by atoms with Gasteiger partial charge >= 0.3 is 0 Å². The van der Waals surface area contributed by atoms with Gasteiger partial charge in [0.15, 0.2) is 5.13 Å². The number of thiazole rings is 1. The summed E-state index contributed by atoms with van der Waals surface area (Å²) in [5, 5.41) is 3.90.